The number of esters is 1. The molecule has 2 aromatic carbocycles. The Balaban J connectivity index is 1.83. The van der Waals surface area contributed by atoms with Gasteiger partial charge in [-0.1, -0.05) is 42.5 Å². The van der Waals surface area contributed by atoms with Crippen LogP contribution >= 0.6 is 0 Å². The average Bonchev–Trinajstić information content (AvgIpc) is 3.27. The van der Waals surface area contributed by atoms with Gasteiger partial charge >= 0.3 is 12.1 Å². The molecular formula is C29H40N2O7S. The van der Waals surface area contributed by atoms with Crippen molar-refractivity contribution in [1.82, 2.24) is 9.62 Å². The molecule has 0 aromatic heterocycles. The molecule has 9 nitrogen and oxygen atoms in total. The van der Waals surface area contributed by atoms with E-state index in [1.807, 2.05) is 69.3 Å². The molecule has 1 fully saturated rings. The molecule has 39 heavy (non-hydrogen) atoms. The summed E-state index contributed by atoms with van der Waals surface area (Å²) in [5, 5.41) is 0. The van der Waals surface area contributed by atoms with Gasteiger partial charge in [-0.05, 0) is 64.2 Å². The molecule has 0 bridgehead atoms. The van der Waals surface area contributed by atoms with E-state index in [0.29, 0.717) is 38.2 Å². The highest BCUT2D eigenvalue weighted by atomic mass is 32.2. The average molecular weight is 561 g/mol. The van der Waals surface area contributed by atoms with Gasteiger partial charge in [0.25, 0.3) is 0 Å². The summed E-state index contributed by atoms with van der Waals surface area (Å²) in [4.78, 5) is 26.1. The molecule has 2 unspecified atom stereocenters. The summed E-state index contributed by atoms with van der Waals surface area (Å²) < 4.78 is 43.9. The molecule has 0 spiro atoms. The SMILES string of the molecule is CCS(=O)(=O)NC1CCN(C(=O)OC(C)(C)C)C1Cc1cccc(-c2ccccc2OCCCC(=O)OC)c1. The van der Waals surface area contributed by atoms with Crippen molar-refractivity contribution in [3.63, 3.8) is 0 Å². The summed E-state index contributed by atoms with van der Waals surface area (Å²) in [6, 6.07) is 14.8. The van der Waals surface area contributed by atoms with Crippen LogP contribution in [0.1, 0.15) is 52.5 Å². The zero-order chi connectivity index (χ0) is 28.6. The number of methoxy groups -OCH3 is 1. The summed E-state index contributed by atoms with van der Waals surface area (Å²) >= 11 is 0. The molecule has 1 aliphatic heterocycles. The number of amides is 1. The molecule has 1 saturated heterocycles. The van der Waals surface area contributed by atoms with E-state index in [0.717, 1.165) is 16.7 Å². The van der Waals surface area contributed by atoms with Gasteiger partial charge in [-0.15, -0.1) is 0 Å². The standard InChI is InChI=1S/C29H40N2O7S/c1-6-39(34,35)30-24-16-17-31(28(33)38-29(2,3)4)25(24)20-21-11-9-12-22(19-21)23-13-7-8-14-26(23)37-18-10-15-27(32)36-5/h7-9,11-14,19,24-25,30H,6,10,15-18,20H2,1-5H3. The molecule has 1 amide bonds. The van der Waals surface area contributed by atoms with Crippen molar-refractivity contribution in [2.75, 3.05) is 26.0 Å². The largest absolute Gasteiger partial charge is 0.493 e. The number of rotatable bonds is 11. The maximum absolute atomic E-state index is 13.0. The minimum atomic E-state index is -3.46. The number of likely N-dealkylation sites (tertiary alicyclic amines) is 1. The van der Waals surface area contributed by atoms with Crippen LogP contribution in [0.25, 0.3) is 11.1 Å². The van der Waals surface area contributed by atoms with Crippen LogP contribution in [0.5, 0.6) is 5.75 Å². The highest BCUT2D eigenvalue weighted by Gasteiger charge is 2.40. The summed E-state index contributed by atoms with van der Waals surface area (Å²) in [5.41, 5.74) is 2.12. The lowest BCUT2D eigenvalue weighted by atomic mass is 9.96. The summed E-state index contributed by atoms with van der Waals surface area (Å²) in [6.45, 7) is 7.80. The Labute approximate surface area is 231 Å². The Morgan fingerprint density at radius 1 is 1.10 bits per heavy atom. The van der Waals surface area contributed by atoms with Crippen LogP contribution in [0.3, 0.4) is 0 Å². The Hall–Kier alpha value is -3.11. The lowest BCUT2D eigenvalue weighted by Crippen LogP contribution is -2.49. The molecular weight excluding hydrogens is 520 g/mol. The van der Waals surface area contributed by atoms with E-state index >= 15 is 0 Å². The third-order valence-corrected chi connectivity index (χ3v) is 7.89. The maximum Gasteiger partial charge on any atom is 0.410 e. The number of hydrogen-bond acceptors (Lipinski definition) is 7. The molecule has 1 N–H and O–H groups in total. The third-order valence-electron chi connectivity index (χ3n) is 6.47. The van der Waals surface area contributed by atoms with Crippen LogP contribution in [-0.4, -0.2) is 69.1 Å². The Morgan fingerprint density at radius 3 is 2.54 bits per heavy atom. The van der Waals surface area contributed by atoms with Gasteiger partial charge in [-0.2, -0.15) is 0 Å². The molecule has 0 saturated carbocycles. The van der Waals surface area contributed by atoms with Gasteiger partial charge in [0.1, 0.15) is 11.4 Å². The lowest BCUT2D eigenvalue weighted by molar-refractivity contribution is -0.140. The number of carbonyl (C=O) groups is 2. The zero-order valence-electron chi connectivity index (χ0n) is 23.4. The van der Waals surface area contributed by atoms with Crippen molar-refractivity contribution in [2.45, 2.75) is 71.1 Å². The number of hydrogen-bond donors (Lipinski definition) is 1. The minimum Gasteiger partial charge on any atom is -0.493 e. The van der Waals surface area contributed by atoms with Crippen LogP contribution in [0.15, 0.2) is 48.5 Å². The van der Waals surface area contributed by atoms with Crippen LogP contribution < -0.4 is 9.46 Å². The number of carbonyl (C=O) groups excluding carboxylic acids is 2. The zero-order valence-corrected chi connectivity index (χ0v) is 24.3. The lowest BCUT2D eigenvalue weighted by Gasteiger charge is -2.31. The van der Waals surface area contributed by atoms with Crippen molar-refractivity contribution in [3.05, 3.63) is 54.1 Å². The van der Waals surface area contributed by atoms with Gasteiger partial charge in [-0.3, -0.25) is 4.79 Å². The normalized spacial score (nSPS) is 17.6. The first-order valence-corrected chi connectivity index (χ1v) is 14.9. The first kappa shape index (κ1) is 30.4. The Bertz CT molecular complexity index is 1240. The minimum absolute atomic E-state index is 0.0332. The molecule has 10 heteroatoms. The Morgan fingerprint density at radius 2 is 1.85 bits per heavy atom. The molecule has 0 radical (unpaired) electrons. The van der Waals surface area contributed by atoms with Gasteiger partial charge in [0, 0.05) is 24.6 Å². The fourth-order valence-corrected chi connectivity index (χ4v) is 5.45. The quantitative estimate of drug-likeness (QED) is 0.317. The van der Waals surface area contributed by atoms with Gasteiger partial charge < -0.3 is 19.1 Å². The first-order chi connectivity index (χ1) is 18.4. The molecule has 1 aliphatic rings. The summed E-state index contributed by atoms with van der Waals surface area (Å²) in [7, 11) is -2.10. The van der Waals surface area contributed by atoms with Crippen molar-refractivity contribution >= 4 is 22.1 Å². The number of sulfonamides is 1. The van der Waals surface area contributed by atoms with E-state index in [1.54, 1.807) is 11.8 Å². The third kappa shape index (κ3) is 8.96. The molecule has 3 rings (SSSR count). The van der Waals surface area contributed by atoms with E-state index in [-0.39, 0.29) is 18.1 Å². The number of nitrogens with zero attached hydrogens (tertiary/aromatic N) is 1. The monoisotopic (exact) mass is 560 g/mol. The molecule has 0 aliphatic carbocycles. The number of para-hydroxylation sites is 1. The van der Waals surface area contributed by atoms with Gasteiger partial charge in [-0.25, -0.2) is 17.9 Å². The van der Waals surface area contributed by atoms with E-state index in [4.69, 9.17) is 9.47 Å². The number of nitrogens with one attached hydrogen (secondary N) is 1. The van der Waals surface area contributed by atoms with Crippen LogP contribution in [-0.2, 0) is 30.7 Å². The number of benzene rings is 2. The maximum atomic E-state index is 13.0. The van der Waals surface area contributed by atoms with Crippen molar-refractivity contribution in [3.8, 4) is 16.9 Å². The van der Waals surface area contributed by atoms with Crippen molar-refractivity contribution in [1.29, 1.82) is 0 Å². The van der Waals surface area contributed by atoms with Gasteiger partial charge in [0.2, 0.25) is 10.0 Å². The highest BCUT2D eigenvalue weighted by molar-refractivity contribution is 7.89. The van der Waals surface area contributed by atoms with E-state index < -0.39 is 33.8 Å². The predicted molar refractivity (Wildman–Crippen MR) is 150 cm³/mol. The van der Waals surface area contributed by atoms with Crippen molar-refractivity contribution < 1.29 is 32.2 Å². The summed E-state index contributed by atoms with van der Waals surface area (Å²) in [5.74, 6) is 0.393. The number of ether oxygens (including phenoxy) is 3. The second-order valence-electron chi connectivity index (χ2n) is 10.6. The van der Waals surface area contributed by atoms with Crippen LogP contribution in [0.2, 0.25) is 0 Å². The van der Waals surface area contributed by atoms with E-state index in [2.05, 4.69) is 9.46 Å². The molecule has 1 heterocycles. The molecule has 214 valence electrons. The first-order valence-electron chi connectivity index (χ1n) is 13.3. The molecule has 2 atom stereocenters. The van der Waals surface area contributed by atoms with Gasteiger partial charge in [0.15, 0.2) is 0 Å². The van der Waals surface area contributed by atoms with Crippen molar-refractivity contribution in [2.24, 2.45) is 0 Å². The fraction of sp³-hybridized carbons (Fsp3) is 0.517. The smallest absolute Gasteiger partial charge is 0.410 e. The highest BCUT2D eigenvalue weighted by Crippen LogP contribution is 2.32. The topological polar surface area (TPSA) is 111 Å². The van der Waals surface area contributed by atoms with Gasteiger partial charge in [0.05, 0.1) is 25.5 Å². The van der Waals surface area contributed by atoms with E-state index in [9.17, 15) is 18.0 Å². The molecule has 2 aromatic rings. The summed E-state index contributed by atoms with van der Waals surface area (Å²) in [6.07, 6.45) is 1.33. The predicted octanol–water partition coefficient (Wildman–Crippen LogP) is 4.55. The van der Waals surface area contributed by atoms with Crippen LogP contribution in [0.4, 0.5) is 4.79 Å². The Kier molecular flexibility index (Phi) is 10.4. The van der Waals surface area contributed by atoms with E-state index in [1.165, 1.54) is 7.11 Å². The fourth-order valence-electron chi connectivity index (χ4n) is 4.54. The van der Waals surface area contributed by atoms with Crippen LogP contribution in [0, 0.1) is 0 Å². The second kappa shape index (κ2) is 13.3. The second-order valence-corrected chi connectivity index (χ2v) is 12.6.